The van der Waals surface area contributed by atoms with E-state index in [1.54, 1.807) is 30.3 Å². The van der Waals surface area contributed by atoms with Crippen LogP contribution in [-0.2, 0) is 0 Å². The molecule has 0 bridgehead atoms. The first-order valence-electron chi connectivity index (χ1n) is 16.2. The largest absolute Gasteiger partial charge is 0.484 e. The number of hydrogen-bond donors (Lipinski definition) is 3. The van der Waals surface area contributed by atoms with E-state index in [9.17, 15) is 4.79 Å². The summed E-state index contributed by atoms with van der Waals surface area (Å²) in [5.74, 6) is 1.90. The standard InChI is InChI=1S/C36H41N9O2/c1-36(2,3)31(38)21-32(39-25-13-11-24(22-37)12-14-25)41-34(46)40-29-16-17-30(28-10-6-5-9-27(28)29)47-26-15-18-33-42-43-35(45(33)23-26)44-19-7-4-8-20-44/h5-6,9-15,18,21,23,29-30H,4,7-8,16-17,19-20,38H2,1-3H3,(H2,39,40,41,46)/b31-21-/t29-,30+/m0/s1. The van der Waals surface area contributed by atoms with E-state index in [1.165, 1.54) is 6.42 Å². The molecule has 2 aliphatic rings. The lowest BCUT2D eigenvalue weighted by molar-refractivity contribution is 0.171. The SMILES string of the molecule is CC(C)(C)/C(N)=C/C(=Nc1ccc(C#N)cc1)NC(=O)N[C@H]1CC[C@@H](Oc2ccc3nnc(N4CCCCC4)n3c2)c2ccccc21. The molecular formula is C36H41N9O2. The van der Waals surface area contributed by atoms with Crippen LogP contribution >= 0.6 is 0 Å². The molecule has 2 aromatic carbocycles. The smallest absolute Gasteiger partial charge is 0.320 e. The summed E-state index contributed by atoms with van der Waals surface area (Å²) in [5, 5.41) is 24.0. The van der Waals surface area contributed by atoms with Gasteiger partial charge in [-0.2, -0.15) is 5.26 Å². The van der Waals surface area contributed by atoms with Crippen LogP contribution in [0, 0.1) is 16.7 Å². The minimum Gasteiger partial charge on any atom is -0.484 e. The lowest BCUT2D eigenvalue weighted by Crippen LogP contribution is -2.42. The van der Waals surface area contributed by atoms with Gasteiger partial charge in [-0.05, 0) is 79.6 Å². The molecule has 0 unspecified atom stereocenters. The number of urea groups is 1. The van der Waals surface area contributed by atoms with Crippen molar-refractivity contribution in [3.05, 3.63) is 95.3 Å². The zero-order chi connectivity index (χ0) is 33.0. The van der Waals surface area contributed by atoms with Gasteiger partial charge in [0.1, 0.15) is 17.7 Å². The second-order valence-corrected chi connectivity index (χ2v) is 13.1. The monoisotopic (exact) mass is 631 g/mol. The van der Waals surface area contributed by atoms with Crippen molar-refractivity contribution in [2.75, 3.05) is 18.0 Å². The van der Waals surface area contributed by atoms with Crippen molar-refractivity contribution in [2.24, 2.45) is 16.1 Å². The fourth-order valence-electron chi connectivity index (χ4n) is 5.95. The number of amides is 2. The number of amidine groups is 1. The van der Waals surface area contributed by atoms with Gasteiger partial charge in [-0.1, -0.05) is 45.0 Å². The molecule has 2 aromatic heterocycles. The number of pyridine rings is 1. The quantitative estimate of drug-likeness (QED) is 0.163. The second kappa shape index (κ2) is 13.5. The van der Waals surface area contributed by atoms with Crippen LogP contribution in [-0.4, -0.2) is 39.6 Å². The summed E-state index contributed by atoms with van der Waals surface area (Å²) in [5.41, 5.74) is 10.6. The number of carbonyl (C=O) groups is 1. The van der Waals surface area contributed by atoms with E-state index in [0.717, 1.165) is 54.4 Å². The Morgan fingerprint density at radius 3 is 2.49 bits per heavy atom. The van der Waals surface area contributed by atoms with Gasteiger partial charge in [0.05, 0.1) is 29.6 Å². The van der Waals surface area contributed by atoms with Crippen LogP contribution < -0.4 is 26.0 Å². The topological polar surface area (TPSA) is 146 Å². The highest BCUT2D eigenvalue weighted by atomic mass is 16.5. The number of ether oxygens (including phenoxy) is 1. The summed E-state index contributed by atoms with van der Waals surface area (Å²) in [4.78, 5) is 20.3. The van der Waals surface area contributed by atoms with Crippen LogP contribution in [0.3, 0.4) is 0 Å². The summed E-state index contributed by atoms with van der Waals surface area (Å²) in [7, 11) is 0. The maximum absolute atomic E-state index is 13.4. The molecule has 2 atom stereocenters. The molecule has 0 saturated carbocycles. The van der Waals surface area contributed by atoms with Crippen LogP contribution in [0.2, 0.25) is 0 Å². The first kappa shape index (κ1) is 31.6. The molecule has 0 spiro atoms. The Hall–Kier alpha value is -5.37. The van der Waals surface area contributed by atoms with Gasteiger partial charge in [0.2, 0.25) is 5.95 Å². The number of nitriles is 1. The second-order valence-electron chi connectivity index (χ2n) is 13.1. The summed E-state index contributed by atoms with van der Waals surface area (Å²) < 4.78 is 8.61. The molecule has 3 heterocycles. The van der Waals surface area contributed by atoms with Crippen molar-refractivity contribution in [1.82, 2.24) is 25.2 Å². The summed E-state index contributed by atoms with van der Waals surface area (Å²) in [6, 6.07) is 20.3. The van der Waals surface area contributed by atoms with Crippen LogP contribution in [0.1, 0.15) is 81.7 Å². The van der Waals surface area contributed by atoms with Crippen molar-refractivity contribution < 1.29 is 9.53 Å². The van der Waals surface area contributed by atoms with Gasteiger partial charge in [-0.3, -0.25) is 9.72 Å². The number of fused-ring (bicyclic) bond motifs is 2. The van der Waals surface area contributed by atoms with E-state index in [4.69, 9.17) is 15.7 Å². The first-order chi connectivity index (χ1) is 22.7. The summed E-state index contributed by atoms with van der Waals surface area (Å²) in [6.45, 7) is 7.94. The van der Waals surface area contributed by atoms with E-state index in [1.807, 2.05) is 61.7 Å². The van der Waals surface area contributed by atoms with E-state index in [2.05, 4.69) is 42.9 Å². The summed E-state index contributed by atoms with van der Waals surface area (Å²) >= 11 is 0. The maximum atomic E-state index is 13.4. The number of nitrogens with two attached hydrogens (primary N) is 1. The third-order valence-corrected chi connectivity index (χ3v) is 8.66. The van der Waals surface area contributed by atoms with Crippen LogP contribution in [0.5, 0.6) is 5.75 Å². The normalized spacial score (nSPS) is 18.7. The highest BCUT2D eigenvalue weighted by Gasteiger charge is 2.30. The molecule has 47 heavy (non-hydrogen) atoms. The average molecular weight is 632 g/mol. The molecule has 6 rings (SSSR count). The van der Waals surface area contributed by atoms with Crippen molar-refractivity contribution in [3.63, 3.8) is 0 Å². The van der Waals surface area contributed by atoms with Gasteiger partial charge in [-0.15, -0.1) is 10.2 Å². The van der Waals surface area contributed by atoms with Crippen LogP contribution in [0.15, 0.2) is 83.6 Å². The number of nitrogens with zero attached hydrogens (tertiary/aromatic N) is 6. The van der Waals surface area contributed by atoms with E-state index in [0.29, 0.717) is 35.6 Å². The lowest BCUT2D eigenvalue weighted by atomic mass is 9.85. The number of anilines is 1. The lowest BCUT2D eigenvalue weighted by Gasteiger charge is -2.32. The zero-order valence-corrected chi connectivity index (χ0v) is 27.1. The third kappa shape index (κ3) is 7.38. The molecule has 242 valence electrons. The average Bonchev–Trinajstić information content (AvgIpc) is 3.49. The fraction of sp³-hybridized carbons (Fsp3) is 0.361. The minimum atomic E-state index is -0.391. The van der Waals surface area contributed by atoms with Crippen LogP contribution in [0.25, 0.3) is 5.65 Å². The Bertz CT molecular complexity index is 1840. The van der Waals surface area contributed by atoms with E-state index in [-0.39, 0.29) is 17.6 Å². The van der Waals surface area contributed by atoms with Crippen LogP contribution in [0.4, 0.5) is 16.4 Å². The molecule has 11 nitrogen and oxygen atoms in total. The van der Waals surface area contributed by atoms with Crippen molar-refractivity contribution in [3.8, 4) is 11.8 Å². The molecule has 1 aliphatic carbocycles. The number of hydrogen-bond acceptors (Lipinski definition) is 8. The Balaban J connectivity index is 1.18. The number of piperidine rings is 1. The fourth-order valence-corrected chi connectivity index (χ4v) is 5.95. The number of allylic oxidation sites excluding steroid dienone is 1. The highest BCUT2D eigenvalue weighted by Crippen LogP contribution is 2.39. The Morgan fingerprint density at radius 1 is 1.02 bits per heavy atom. The molecule has 1 fully saturated rings. The number of benzene rings is 2. The predicted molar refractivity (Wildman–Crippen MR) is 182 cm³/mol. The van der Waals surface area contributed by atoms with Gasteiger partial charge in [0.25, 0.3) is 0 Å². The molecule has 11 heteroatoms. The van der Waals surface area contributed by atoms with E-state index >= 15 is 0 Å². The number of carbonyl (C=O) groups excluding carboxylic acids is 1. The molecule has 4 N–H and O–H groups in total. The molecule has 4 aromatic rings. The Labute approximate surface area is 275 Å². The molecular weight excluding hydrogens is 590 g/mol. The van der Waals surface area contributed by atoms with E-state index < -0.39 is 6.03 Å². The van der Waals surface area contributed by atoms with Gasteiger partial charge in [0.15, 0.2) is 5.65 Å². The number of aromatic nitrogens is 3. The van der Waals surface area contributed by atoms with Crippen molar-refractivity contribution >= 4 is 29.1 Å². The number of rotatable bonds is 6. The van der Waals surface area contributed by atoms with Gasteiger partial charge in [0, 0.05) is 30.3 Å². The number of aliphatic imine (C=N–C) groups is 1. The third-order valence-electron chi connectivity index (χ3n) is 8.66. The molecule has 1 saturated heterocycles. The Morgan fingerprint density at radius 2 is 1.77 bits per heavy atom. The zero-order valence-electron chi connectivity index (χ0n) is 27.1. The highest BCUT2D eigenvalue weighted by molar-refractivity contribution is 6.05. The number of nitrogens with one attached hydrogen (secondary N) is 2. The van der Waals surface area contributed by atoms with Gasteiger partial charge in [-0.25, -0.2) is 9.79 Å². The first-order valence-corrected chi connectivity index (χ1v) is 16.2. The van der Waals surface area contributed by atoms with Gasteiger partial charge >= 0.3 is 6.03 Å². The summed E-state index contributed by atoms with van der Waals surface area (Å²) in [6.07, 6.45) is 8.44. The maximum Gasteiger partial charge on any atom is 0.320 e. The minimum absolute atomic E-state index is 0.178. The van der Waals surface area contributed by atoms with Gasteiger partial charge < -0.3 is 20.7 Å². The molecule has 1 aliphatic heterocycles. The Kier molecular flexibility index (Phi) is 9.11. The molecule has 0 radical (unpaired) electrons. The predicted octanol–water partition coefficient (Wildman–Crippen LogP) is 6.46. The van der Waals surface area contributed by atoms with Crippen molar-refractivity contribution in [2.45, 2.75) is 65.0 Å². The molecule has 2 amide bonds. The van der Waals surface area contributed by atoms with Crippen molar-refractivity contribution in [1.29, 1.82) is 5.26 Å².